The molecule has 1 amide bonds. The molecular formula is C25H33N3O3. The molecule has 1 heterocycles. The summed E-state index contributed by atoms with van der Waals surface area (Å²) in [7, 11) is 4.02. The summed E-state index contributed by atoms with van der Waals surface area (Å²) >= 11 is 0. The van der Waals surface area contributed by atoms with Crippen LogP contribution in [0.1, 0.15) is 43.7 Å². The van der Waals surface area contributed by atoms with Gasteiger partial charge in [0.2, 0.25) is 5.91 Å². The Balaban J connectivity index is 1.61. The lowest BCUT2D eigenvalue weighted by Crippen LogP contribution is -2.41. The Kier molecular flexibility index (Phi) is 7.69. The number of fused-ring (bicyclic) bond motifs is 1. The van der Waals surface area contributed by atoms with Gasteiger partial charge in [-0.2, -0.15) is 0 Å². The standard InChI is InChI=1S/C25H33N3O3/c1-17(2)12-20(19-8-6-5-7-9-19)15-24(29)26-16-21(28(3)4)13-18-10-11-22-23(14-18)31-25(30)27-22/h5-11,14,17,20-21H,12-13,15-16H2,1-4H3,(H,26,29)(H,27,30)/t20-,21-/m0/s1. The van der Waals surface area contributed by atoms with Gasteiger partial charge in [0.05, 0.1) is 5.52 Å². The molecular weight excluding hydrogens is 390 g/mol. The fourth-order valence-corrected chi connectivity index (χ4v) is 3.99. The fourth-order valence-electron chi connectivity index (χ4n) is 3.99. The van der Waals surface area contributed by atoms with Crippen LogP contribution < -0.4 is 11.1 Å². The summed E-state index contributed by atoms with van der Waals surface area (Å²) in [6.45, 7) is 4.95. The van der Waals surface area contributed by atoms with Crippen LogP contribution in [0.2, 0.25) is 0 Å². The summed E-state index contributed by atoms with van der Waals surface area (Å²) in [5, 5.41) is 3.14. The van der Waals surface area contributed by atoms with Crippen molar-refractivity contribution in [1.82, 2.24) is 15.2 Å². The second kappa shape index (κ2) is 10.4. The first-order valence-corrected chi connectivity index (χ1v) is 10.9. The Hall–Kier alpha value is -2.86. The number of nitrogens with zero attached hydrogens (tertiary/aromatic N) is 1. The quantitative estimate of drug-likeness (QED) is 0.518. The highest BCUT2D eigenvalue weighted by Crippen LogP contribution is 2.27. The zero-order valence-electron chi connectivity index (χ0n) is 18.9. The highest BCUT2D eigenvalue weighted by molar-refractivity contribution is 5.77. The highest BCUT2D eigenvalue weighted by atomic mass is 16.4. The topological polar surface area (TPSA) is 78.3 Å². The molecule has 0 aliphatic rings. The van der Waals surface area contributed by atoms with Crippen LogP contribution in [0.3, 0.4) is 0 Å². The van der Waals surface area contributed by atoms with Crippen LogP contribution in [0.4, 0.5) is 0 Å². The molecule has 0 fully saturated rings. The largest absolute Gasteiger partial charge is 0.417 e. The van der Waals surface area contributed by atoms with Crippen LogP contribution >= 0.6 is 0 Å². The number of benzene rings is 2. The molecule has 0 saturated carbocycles. The number of H-pyrrole nitrogens is 1. The maximum absolute atomic E-state index is 12.8. The molecule has 2 N–H and O–H groups in total. The van der Waals surface area contributed by atoms with E-state index in [1.54, 1.807) is 0 Å². The van der Waals surface area contributed by atoms with Crippen molar-refractivity contribution in [3.63, 3.8) is 0 Å². The fraction of sp³-hybridized carbons (Fsp3) is 0.440. The van der Waals surface area contributed by atoms with Gasteiger partial charge in [-0.25, -0.2) is 4.79 Å². The number of carbonyl (C=O) groups excluding carboxylic acids is 1. The molecule has 6 nitrogen and oxygen atoms in total. The lowest BCUT2D eigenvalue weighted by molar-refractivity contribution is -0.121. The number of likely N-dealkylation sites (N-methyl/N-ethyl adjacent to an activating group) is 1. The molecule has 3 aromatic rings. The average Bonchev–Trinajstić information content (AvgIpc) is 3.10. The van der Waals surface area contributed by atoms with E-state index in [2.05, 4.69) is 41.2 Å². The van der Waals surface area contributed by atoms with Crippen molar-refractivity contribution >= 4 is 17.0 Å². The number of aromatic nitrogens is 1. The number of hydrogen-bond acceptors (Lipinski definition) is 4. The first kappa shape index (κ1) is 22.8. The lowest BCUT2D eigenvalue weighted by Gasteiger charge is -2.25. The molecule has 3 rings (SSSR count). The van der Waals surface area contributed by atoms with E-state index < -0.39 is 5.76 Å². The van der Waals surface area contributed by atoms with Gasteiger partial charge in [-0.1, -0.05) is 50.2 Å². The van der Waals surface area contributed by atoms with E-state index in [1.165, 1.54) is 5.56 Å². The third-order valence-electron chi connectivity index (χ3n) is 5.68. The Morgan fingerprint density at radius 2 is 1.87 bits per heavy atom. The Labute approximate surface area is 183 Å². The Bertz CT molecular complexity index is 1040. The van der Waals surface area contributed by atoms with Gasteiger partial charge >= 0.3 is 5.76 Å². The van der Waals surface area contributed by atoms with Crippen LogP contribution in [0.15, 0.2) is 57.7 Å². The molecule has 0 bridgehead atoms. The zero-order chi connectivity index (χ0) is 22.4. The number of aromatic amines is 1. The van der Waals surface area contributed by atoms with E-state index in [-0.39, 0.29) is 17.9 Å². The van der Waals surface area contributed by atoms with Gasteiger partial charge in [0.1, 0.15) is 0 Å². The van der Waals surface area contributed by atoms with Crippen LogP contribution in [-0.4, -0.2) is 42.5 Å². The molecule has 0 unspecified atom stereocenters. The van der Waals surface area contributed by atoms with Gasteiger partial charge in [0, 0.05) is 19.0 Å². The SMILES string of the molecule is CC(C)C[C@@H](CC(=O)NC[C@H](Cc1ccc2[nH]c(=O)oc2c1)N(C)C)c1ccccc1. The van der Waals surface area contributed by atoms with Gasteiger partial charge in [0.15, 0.2) is 5.58 Å². The van der Waals surface area contributed by atoms with E-state index in [1.807, 2.05) is 50.5 Å². The van der Waals surface area contributed by atoms with Crippen molar-refractivity contribution < 1.29 is 9.21 Å². The summed E-state index contributed by atoms with van der Waals surface area (Å²) in [4.78, 5) is 28.9. The minimum Gasteiger partial charge on any atom is -0.408 e. The number of carbonyl (C=O) groups is 1. The minimum atomic E-state index is -0.446. The van der Waals surface area contributed by atoms with Gasteiger partial charge in [-0.05, 0) is 62.0 Å². The summed E-state index contributed by atoms with van der Waals surface area (Å²) in [6, 6.07) is 16.2. The van der Waals surface area contributed by atoms with Crippen LogP contribution in [-0.2, 0) is 11.2 Å². The molecule has 0 radical (unpaired) electrons. The summed E-state index contributed by atoms with van der Waals surface area (Å²) in [6.07, 6.45) is 2.21. The maximum Gasteiger partial charge on any atom is 0.417 e. The Morgan fingerprint density at radius 1 is 1.13 bits per heavy atom. The number of hydrogen-bond donors (Lipinski definition) is 2. The number of oxazole rings is 1. The van der Waals surface area contributed by atoms with Crippen LogP contribution in [0.5, 0.6) is 0 Å². The second-order valence-corrected chi connectivity index (χ2v) is 8.91. The smallest absolute Gasteiger partial charge is 0.408 e. The molecule has 2 atom stereocenters. The predicted molar refractivity (Wildman–Crippen MR) is 124 cm³/mol. The summed E-state index contributed by atoms with van der Waals surface area (Å²) in [5.74, 6) is 0.375. The molecule has 31 heavy (non-hydrogen) atoms. The van der Waals surface area contributed by atoms with E-state index >= 15 is 0 Å². The van der Waals surface area contributed by atoms with Gasteiger partial charge in [-0.15, -0.1) is 0 Å². The number of amides is 1. The van der Waals surface area contributed by atoms with Crippen molar-refractivity contribution in [2.24, 2.45) is 5.92 Å². The molecule has 1 aromatic heterocycles. The van der Waals surface area contributed by atoms with Crippen molar-refractivity contribution in [2.75, 3.05) is 20.6 Å². The third kappa shape index (κ3) is 6.56. The molecule has 166 valence electrons. The van der Waals surface area contributed by atoms with Crippen molar-refractivity contribution in [3.05, 3.63) is 70.2 Å². The van der Waals surface area contributed by atoms with Crippen molar-refractivity contribution in [3.8, 4) is 0 Å². The maximum atomic E-state index is 12.8. The van der Waals surface area contributed by atoms with Gasteiger partial charge < -0.3 is 14.6 Å². The average molecular weight is 424 g/mol. The van der Waals surface area contributed by atoms with E-state index in [4.69, 9.17) is 4.42 Å². The van der Waals surface area contributed by atoms with Crippen molar-refractivity contribution in [2.45, 2.75) is 45.1 Å². The number of rotatable bonds is 10. The molecule has 6 heteroatoms. The number of nitrogens with one attached hydrogen (secondary N) is 2. The van der Waals surface area contributed by atoms with E-state index in [0.29, 0.717) is 30.0 Å². The van der Waals surface area contributed by atoms with E-state index in [9.17, 15) is 9.59 Å². The monoisotopic (exact) mass is 423 g/mol. The zero-order valence-corrected chi connectivity index (χ0v) is 18.9. The molecule has 2 aromatic carbocycles. The summed E-state index contributed by atoms with van der Waals surface area (Å²) in [5.41, 5.74) is 3.53. The molecule has 0 aliphatic heterocycles. The molecule has 0 aliphatic carbocycles. The summed E-state index contributed by atoms with van der Waals surface area (Å²) < 4.78 is 5.17. The predicted octanol–water partition coefficient (Wildman–Crippen LogP) is 3.93. The highest BCUT2D eigenvalue weighted by Gasteiger charge is 2.19. The van der Waals surface area contributed by atoms with E-state index in [0.717, 1.165) is 18.4 Å². The van der Waals surface area contributed by atoms with Crippen LogP contribution in [0, 0.1) is 5.92 Å². The first-order chi connectivity index (χ1) is 14.8. The van der Waals surface area contributed by atoms with Gasteiger partial charge in [-0.3, -0.25) is 9.78 Å². The Morgan fingerprint density at radius 3 is 2.55 bits per heavy atom. The lowest BCUT2D eigenvalue weighted by atomic mass is 9.87. The third-order valence-corrected chi connectivity index (χ3v) is 5.68. The second-order valence-electron chi connectivity index (χ2n) is 8.91. The van der Waals surface area contributed by atoms with Gasteiger partial charge in [0.25, 0.3) is 0 Å². The van der Waals surface area contributed by atoms with Crippen molar-refractivity contribution in [1.29, 1.82) is 0 Å². The minimum absolute atomic E-state index is 0.0773. The molecule has 0 saturated heterocycles. The van der Waals surface area contributed by atoms with Crippen LogP contribution in [0.25, 0.3) is 11.1 Å². The first-order valence-electron chi connectivity index (χ1n) is 10.9. The molecule has 0 spiro atoms. The normalized spacial score (nSPS) is 13.6.